The highest BCUT2D eigenvalue weighted by Gasteiger charge is 2.50. The lowest BCUT2D eigenvalue weighted by atomic mass is 9.87. The molecule has 3 N–H and O–H groups in total. The fraction of sp³-hybridized carbons (Fsp3) is 0.540. The van der Waals surface area contributed by atoms with Gasteiger partial charge in [0.15, 0.2) is 0 Å². The van der Waals surface area contributed by atoms with Gasteiger partial charge in [0.05, 0.1) is 51.5 Å². The molecule has 45 heteroatoms. The first kappa shape index (κ1) is 111. The normalized spacial score (nSPS) is 21.0. The molecule has 0 bridgehead atoms. The second kappa shape index (κ2) is 46.2. The molecular formula is C100H119F16N17O12. The molecule has 2 aliphatic carbocycles. The first-order chi connectivity index (χ1) is 68.2. The number of nitrogens with zero attached hydrogens (tertiary/aromatic N) is 17. The minimum atomic E-state index is -5.02. The molecule has 145 heavy (non-hydrogen) atoms. The van der Waals surface area contributed by atoms with Crippen molar-refractivity contribution in [1.82, 2.24) is 68.7 Å². The Morgan fingerprint density at radius 3 is 1.03 bits per heavy atom. The zero-order valence-corrected chi connectivity index (χ0v) is 81.9. The van der Waals surface area contributed by atoms with Crippen LogP contribution < -0.4 is 14.7 Å². The van der Waals surface area contributed by atoms with Crippen molar-refractivity contribution in [1.29, 1.82) is 0 Å². The number of aromatic nitrogens is 11. The number of ether oxygens (including phenoxy) is 3. The van der Waals surface area contributed by atoms with E-state index in [0.717, 1.165) is 36.1 Å². The average molecular weight is 2060 g/mol. The van der Waals surface area contributed by atoms with Crippen molar-refractivity contribution in [2.45, 2.75) is 295 Å². The van der Waals surface area contributed by atoms with Gasteiger partial charge in [-0.1, -0.05) is 54.4 Å². The minimum Gasteiger partial charge on any atom is -0.481 e. The fourth-order valence-electron chi connectivity index (χ4n) is 19.8. The van der Waals surface area contributed by atoms with E-state index in [-0.39, 0.29) is 129 Å². The Balaban J connectivity index is 0.000000194. The quantitative estimate of drug-likeness (QED) is 0.0290. The third-order valence-electron chi connectivity index (χ3n) is 27.9. The van der Waals surface area contributed by atoms with Crippen LogP contribution in [0.1, 0.15) is 228 Å². The number of hydrogen-bond acceptors (Lipinski definition) is 20. The van der Waals surface area contributed by atoms with E-state index < -0.39 is 154 Å². The molecule has 0 radical (unpaired) electrons. The van der Waals surface area contributed by atoms with Crippen molar-refractivity contribution >= 4 is 54.0 Å². The monoisotopic (exact) mass is 2050 g/mol. The van der Waals surface area contributed by atoms with Crippen molar-refractivity contribution in [3.8, 4) is 33.4 Å². The Kier molecular flexibility index (Phi) is 35.3. The molecule has 9 aromatic rings. The first-order valence-corrected chi connectivity index (χ1v) is 48.1. The summed E-state index contributed by atoms with van der Waals surface area (Å²) in [6.45, 7) is 12.8. The van der Waals surface area contributed by atoms with Crippen LogP contribution in [0, 0.1) is 22.6 Å². The van der Waals surface area contributed by atoms with Crippen molar-refractivity contribution < 1.29 is 129 Å². The van der Waals surface area contributed by atoms with Crippen LogP contribution in [0.2, 0.25) is 0 Å². The van der Waals surface area contributed by atoms with E-state index in [2.05, 4.69) is 40.1 Å². The molecule has 3 aliphatic heterocycles. The Bertz CT molecular complexity index is 5800. The number of anilines is 3. The molecule has 14 rings (SSSR count). The number of carbonyl (C=O) groups excluding carboxylic acids is 3. The molecule has 3 amide bonds. The van der Waals surface area contributed by atoms with Crippen molar-refractivity contribution in [3.05, 3.63) is 185 Å². The highest BCUT2D eigenvalue weighted by molar-refractivity contribution is 5.77. The summed E-state index contributed by atoms with van der Waals surface area (Å²) in [4.78, 5) is 113. The SMILES string of the molecule is CC[C@@H]1CC(N(Cc2cc(C(F)(F)F)cc(C(F)(F)F)c2)c2ncc(-c3ccn(C)c3)cn2)C[C@H](CC)N1C(=O)OCC(C)(C)C(=O)O.CC[C@@H]1CC(N(Cc2cc(C(F)(F)F)cc(C(F)(F)F)c2)c2ncc(-c3cnn(C)c3)cn2)C[C@H](CC)N1C(=O)OCC1(C(=O)O)CCCC1.CC[C@@H]1CC(N(Cc2cc(F)cc(C(F)(F)F)c2)c2ncc(-c3cnn(C)c3)cn2)C[C@H](CC)N1C(=O)OC1CCC(C(=O)O)CC1. The molecule has 2 saturated carbocycles. The Morgan fingerprint density at radius 2 is 0.738 bits per heavy atom. The summed E-state index contributed by atoms with van der Waals surface area (Å²) in [7, 11) is 5.36. The molecule has 9 atom stereocenters. The molecule has 788 valence electrons. The van der Waals surface area contributed by atoms with Gasteiger partial charge in [0.2, 0.25) is 17.8 Å². The van der Waals surface area contributed by atoms with Gasteiger partial charge in [-0.25, -0.2) is 48.7 Å². The summed E-state index contributed by atoms with van der Waals surface area (Å²) in [6.07, 6.45) is 2.16. The molecular weight excluding hydrogens is 1940 g/mol. The number of halogens is 16. The lowest BCUT2D eigenvalue weighted by Crippen LogP contribution is -2.57. The van der Waals surface area contributed by atoms with Crippen molar-refractivity contribution in [3.63, 3.8) is 0 Å². The highest BCUT2D eigenvalue weighted by atomic mass is 19.4. The van der Waals surface area contributed by atoms with Gasteiger partial charge in [-0.2, -0.15) is 76.1 Å². The van der Waals surface area contributed by atoms with E-state index in [0.29, 0.717) is 142 Å². The molecule has 3 unspecified atom stereocenters. The van der Waals surface area contributed by atoms with Crippen molar-refractivity contribution in [2.75, 3.05) is 27.9 Å². The smallest absolute Gasteiger partial charge is 0.416 e. The van der Waals surface area contributed by atoms with Gasteiger partial charge in [0, 0.05) is 191 Å². The third kappa shape index (κ3) is 27.7. The summed E-state index contributed by atoms with van der Waals surface area (Å²) in [5.41, 5.74) is -5.25. The topological polar surface area (TPSA) is 328 Å². The fourth-order valence-corrected chi connectivity index (χ4v) is 19.8. The number of piperidine rings is 3. The van der Waals surface area contributed by atoms with Crippen LogP contribution in [0.5, 0.6) is 0 Å². The maximum atomic E-state index is 14.5. The zero-order chi connectivity index (χ0) is 106. The average Bonchev–Trinajstić information content (AvgIpc) is 1.74. The number of aryl methyl sites for hydroxylation is 3. The Labute approximate surface area is 827 Å². The van der Waals surface area contributed by atoms with Crippen LogP contribution in [-0.4, -0.2) is 194 Å². The van der Waals surface area contributed by atoms with Gasteiger partial charge >= 0.3 is 67.1 Å². The number of likely N-dealkylation sites (tertiary alicyclic amines) is 3. The predicted octanol–water partition coefficient (Wildman–Crippen LogP) is 22.4. The molecule has 0 spiro atoms. The van der Waals surface area contributed by atoms with Gasteiger partial charge in [-0.05, 0) is 207 Å². The molecule has 3 saturated heterocycles. The van der Waals surface area contributed by atoms with E-state index in [1.165, 1.54) is 26.2 Å². The van der Waals surface area contributed by atoms with E-state index >= 15 is 0 Å². The van der Waals surface area contributed by atoms with E-state index in [9.17, 15) is 114 Å². The number of carbonyl (C=O) groups is 6. The molecule has 5 aliphatic rings. The predicted molar refractivity (Wildman–Crippen MR) is 499 cm³/mol. The Morgan fingerprint density at radius 1 is 0.414 bits per heavy atom. The number of carboxylic acid groups (broad SMARTS) is 3. The number of hydrogen-bond donors (Lipinski definition) is 3. The molecule has 9 heterocycles. The molecule has 3 aromatic carbocycles. The first-order valence-electron chi connectivity index (χ1n) is 48.1. The number of benzene rings is 3. The van der Waals surface area contributed by atoms with Crippen LogP contribution in [0.4, 0.5) is 102 Å². The standard InChI is InChI=1S/C34H40F6N6O4.C33H39F6N5O4.C33H40F4N6O4/c1-4-26-13-28(14-27(5-2)46(26)31(49)50-20-32(29(47)48)8-6-7-9-32)45(30-41-15-22(16-42-30)23-17-43-44(3)19-23)18-21-10-24(33(35,36)37)12-25(11-21)34(38,39)40;1-6-25-13-27(14-26(7-2)44(25)30(47)48-19-31(3,4)28(45)46)43(29-40-15-22(16-41-29)21-8-9-42(5)18-21)17-20-10-23(32(34,35)36)12-24(11-20)33(37,38)39;1-4-26-13-28(14-27(5-2)43(26)32(46)47-29-8-6-21(7-9-29)30(44)45)42(18-20-10-24(33(35,36)37)12-25(34)11-20)31-38-15-22(16-39-31)23-17-40-41(3)19-23/h10-12,15-17,19,26-28H,4-9,13-14,18,20H2,1-3H3,(H,47,48);8-12,15-16,18,25-27H,6-7,13-14,17,19H2,1-5H3,(H,45,46);10-12,15-17,19,21,26-29H,4-9,13-14,18H2,1-3H3,(H,44,45)/t26-,27+,28?;25-,26+,27?;21?,26-,27+,28?,29?. The van der Waals surface area contributed by atoms with Gasteiger partial charge in [0.25, 0.3) is 0 Å². The second-order valence-electron chi connectivity index (χ2n) is 38.5. The summed E-state index contributed by atoms with van der Waals surface area (Å²) in [6, 6.07) is 3.83. The minimum absolute atomic E-state index is 0.0815. The van der Waals surface area contributed by atoms with Gasteiger partial charge in [0.1, 0.15) is 30.5 Å². The van der Waals surface area contributed by atoms with Gasteiger partial charge < -0.3 is 63.5 Å². The summed E-state index contributed by atoms with van der Waals surface area (Å²) in [5.74, 6) is -3.91. The zero-order valence-electron chi connectivity index (χ0n) is 81.9. The summed E-state index contributed by atoms with van der Waals surface area (Å²) in [5, 5.41) is 36.9. The maximum absolute atomic E-state index is 14.5. The van der Waals surface area contributed by atoms with Crippen LogP contribution >= 0.6 is 0 Å². The van der Waals surface area contributed by atoms with Crippen molar-refractivity contribution in [2.24, 2.45) is 37.9 Å². The molecule has 5 fully saturated rings. The molecule has 6 aromatic heterocycles. The van der Waals surface area contributed by atoms with E-state index in [1.54, 1.807) is 91.3 Å². The lowest BCUT2D eigenvalue weighted by molar-refractivity contribution is -0.152. The van der Waals surface area contributed by atoms with Crippen LogP contribution in [-0.2, 0) is 100 Å². The highest BCUT2D eigenvalue weighted by Crippen LogP contribution is 2.46. The van der Waals surface area contributed by atoms with Crippen LogP contribution in [0.3, 0.4) is 0 Å². The van der Waals surface area contributed by atoms with Gasteiger partial charge in [-0.3, -0.25) is 23.7 Å². The summed E-state index contributed by atoms with van der Waals surface area (Å²) < 4.78 is 243. The number of carboxylic acids is 3. The lowest BCUT2D eigenvalue weighted by Gasteiger charge is -2.47. The number of rotatable bonds is 29. The van der Waals surface area contributed by atoms with E-state index in [1.807, 2.05) is 82.7 Å². The maximum Gasteiger partial charge on any atom is 0.416 e. The Hall–Kier alpha value is -12.9. The number of alkyl halides is 15. The second-order valence-corrected chi connectivity index (χ2v) is 38.5. The number of aliphatic carboxylic acids is 3. The molecule has 29 nitrogen and oxygen atoms in total. The van der Waals surface area contributed by atoms with Gasteiger partial charge in [-0.15, -0.1) is 0 Å². The number of amides is 3. The van der Waals surface area contributed by atoms with E-state index in [4.69, 9.17) is 14.2 Å². The largest absolute Gasteiger partial charge is 0.481 e. The third-order valence-corrected chi connectivity index (χ3v) is 27.9. The van der Waals surface area contributed by atoms with Crippen LogP contribution in [0.25, 0.3) is 33.4 Å². The summed E-state index contributed by atoms with van der Waals surface area (Å²) >= 11 is 0. The van der Waals surface area contributed by atoms with Crippen LogP contribution in [0.15, 0.2) is 135 Å².